The lowest BCUT2D eigenvalue weighted by Crippen LogP contribution is -1.75. The van der Waals surface area contributed by atoms with Crippen LogP contribution in [0.15, 0.2) is 30.3 Å². The van der Waals surface area contributed by atoms with Crippen LogP contribution in [0.5, 0.6) is 5.75 Å². The molecule has 1 unspecified atom stereocenters. The van der Waals surface area contributed by atoms with Crippen LogP contribution in [0.25, 0.3) is 4.91 Å². The average molecular weight is 228 g/mol. The number of phenols is 1. The van der Waals surface area contributed by atoms with Crippen LogP contribution in [0.4, 0.5) is 0 Å². The molecule has 0 aliphatic carbocycles. The van der Waals surface area contributed by atoms with Gasteiger partial charge in [0.05, 0.1) is 0 Å². The zero-order valence-corrected chi connectivity index (χ0v) is 9.22. The molecule has 13 heavy (non-hydrogen) atoms. The van der Waals surface area contributed by atoms with Crippen LogP contribution in [0.1, 0.15) is 5.56 Å². The summed E-state index contributed by atoms with van der Waals surface area (Å²) in [7, 11) is 1.78. The van der Waals surface area contributed by atoms with Crippen molar-refractivity contribution >= 4 is 35.4 Å². The van der Waals surface area contributed by atoms with Crippen molar-refractivity contribution in [3.63, 3.8) is 0 Å². The Kier molecular flexibility index (Phi) is 2.71. The summed E-state index contributed by atoms with van der Waals surface area (Å²) in [5.41, 5.74) is 1.16. The van der Waals surface area contributed by atoms with E-state index in [1.807, 2.05) is 12.1 Å². The summed E-state index contributed by atoms with van der Waals surface area (Å²) in [5.74, 6) is 1.31. The van der Waals surface area contributed by atoms with Gasteiger partial charge in [-0.2, -0.15) is 0 Å². The molecule has 1 heterocycles. The Bertz CT molecular complexity index is 367. The molecule has 0 fully saturated rings. The van der Waals surface area contributed by atoms with Gasteiger partial charge in [-0.25, -0.2) is 0 Å². The van der Waals surface area contributed by atoms with Crippen molar-refractivity contribution < 1.29 is 5.11 Å². The molecule has 0 saturated heterocycles. The molecule has 1 aliphatic heterocycles. The van der Waals surface area contributed by atoms with E-state index >= 15 is 0 Å². The third-order valence-electron chi connectivity index (χ3n) is 1.74. The Labute approximate surface area is 87.8 Å². The summed E-state index contributed by atoms with van der Waals surface area (Å²) in [4.78, 5) is 1.25. The lowest BCUT2D eigenvalue weighted by Gasteiger charge is -2.00. The molecular formula is C9H8OS3. The number of hydrogen-bond acceptors (Lipinski definition) is 3. The molecule has 0 bridgehead atoms. The lowest BCUT2D eigenvalue weighted by atomic mass is 10.2. The van der Waals surface area contributed by atoms with E-state index in [2.05, 4.69) is 6.08 Å². The van der Waals surface area contributed by atoms with Crippen LogP contribution in [0.3, 0.4) is 0 Å². The summed E-state index contributed by atoms with van der Waals surface area (Å²) in [6, 6.07) is 7.26. The monoisotopic (exact) mass is 228 g/mol. The van der Waals surface area contributed by atoms with Gasteiger partial charge in [-0.05, 0) is 28.9 Å². The van der Waals surface area contributed by atoms with Crippen LogP contribution in [0, 0.1) is 0 Å². The van der Waals surface area contributed by atoms with Gasteiger partial charge in [0.25, 0.3) is 0 Å². The highest BCUT2D eigenvalue weighted by Crippen LogP contribution is 2.36. The van der Waals surface area contributed by atoms with E-state index < -0.39 is 0 Å². The van der Waals surface area contributed by atoms with E-state index in [9.17, 15) is 0 Å². The minimum absolute atomic E-state index is 0.0362. The molecule has 68 valence electrons. The molecule has 4 heteroatoms. The number of phenolic OH excluding ortho intramolecular Hbond substituents is 1. The van der Waals surface area contributed by atoms with E-state index in [-0.39, 0.29) is 8.49 Å². The van der Waals surface area contributed by atoms with Crippen molar-refractivity contribution in [1.29, 1.82) is 0 Å². The van der Waals surface area contributed by atoms with E-state index in [0.29, 0.717) is 5.75 Å². The van der Waals surface area contributed by atoms with E-state index in [4.69, 9.17) is 16.3 Å². The van der Waals surface area contributed by atoms with Gasteiger partial charge in [0, 0.05) is 10.7 Å². The summed E-state index contributed by atoms with van der Waals surface area (Å²) >= 11 is 5.19. The largest absolute Gasteiger partial charge is 0.508 e. The smallest absolute Gasteiger partial charge is 0.115 e. The van der Waals surface area contributed by atoms with Gasteiger partial charge in [-0.1, -0.05) is 37.5 Å². The van der Waals surface area contributed by atoms with Gasteiger partial charge in [-0.3, -0.25) is 0 Å². The molecule has 0 spiro atoms. The average Bonchev–Trinajstić information content (AvgIpc) is 2.53. The van der Waals surface area contributed by atoms with E-state index in [0.717, 1.165) is 11.3 Å². The van der Waals surface area contributed by atoms with Crippen molar-refractivity contribution in [2.24, 2.45) is 0 Å². The Balaban J connectivity index is 2.27. The molecule has 2 rings (SSSR count). The van der Waals surface area contributed by atoms with Gasteiger partial charge >= 0.3 is 0 Å². The molecule has 0 radical (unpaired) electrons. The SMILES string of the molecule is Oc1ccc(C2=CCS(=S)S2)cc1. The van der Waals surface area contributed by atoms with Crippen molar-refractivity contribution in [2.75, 3.05) is 5.75 Å². The number of aromatic hydroxyl groups is 1. The van der Waals surface area contributed by atoms with Gasteiger partial charge in [-0.15, -0.1) is 0 Å². The minimum Gasteiger partial charge on any atom is -0.508 e. The first kappa shape index (κ1) is 9.24. The Hall–Kier alpha value is -0.320. The molecule has 1 aromatic rings. The van der Waals surface area contributed by atoms with E-state index in [1.54, 1.807) is 22.9 Å². The highest BCUT2D eigenvalue weighted by Gasteiger charge is 2.11. The quantitative estimate of drug-likeness (QED) is 0.746. The number of hydrogen-bond donors (Lipinski definition) is 1. The van der Waals surface area contributed by atoms with Crippen molar-refractivity contribution in [3.05, 3.63) is 35.9 Å². The Morgan fingerprint density at radius 1 is 1.31 bits per heavy atom. The van der Waals surface area contributed by atoms with Crippen LogP contribution in [-0.4, -0.2) is 10.9 Å². The second kappa shape index (κ2) is 3.82. The second-order valence-electron chi connectivity index (χ2n) is 2.67. The molecule has 1 nitrogen and oxygen atoms in total. The lowest BCUT2D eigenvalue weighted by molar-refractivity contribution is 0.475. The van der Waals surface area contributed by atoms with Crippen LogP contribution in [0.2, 0.25) is 0 Å². The van der Waals surface area contributed by atoms with Gasteiger partial charge in [0.1, 0.15) is 5.75 Å². The molecular weight excluding hydrogens is 220 g/mol. The fraction of sp³-hybridized carbons (Fsp3) is 0.111. The fourth-order valence-corrected chi connectivity index (χ4v) is 4.53. The summed E-state index contributed by atoms with van der Waals surface area (Å²) in [5, 5.41) is 9.11. The van der Waals surface area contributed by atoms with Crippen molar-refractivity contribution in [2.45, 2.75) is 0 Å². The minimum atomic E-state index is 0.0362. The normalized spacial score (nSPS) is 21.5. The maximum atomic E-state index is 9.11. The first-order valence-electron chi connectivity index (χ1n) is 3.82. The predicted molar refractivity (Wildman–Crippen MR) is 63.3 cm³/mol. The predicted octanol–water partition coefficient (Wildman–Crippen LogP) is 2.48. The summed E-state index contributed by atoms with van der Waals surface area (Å²) < 4.78 is 0. The van der Waals surface area contributed by atoms with E-state index in [1.165, 1.54) is 4.91 Å². The molecule has 0 aromatic heterocycles. The molecule has 1 N–H and O–H groups in total. The molecule has 1 aliphatic rings. The topological polar surface area (TPSA) is 20.2 Å². The first-order chi connectivity index (χ1) is 6.25. The maximum absolute atomic E-state index is 9.11. The van der Waals surface area contributed by atoms with Crippen LogP contribution < -0.4 is 0 Å². The fourth-order valence-electron chi connectivity index (χ4n) is 1.10. The molecule has 1 aromatic carbocycles. The van der Waals surface area contributed by atoms with Crippen LogP contribution >= 0.6 is 10.8 Å². The van der Waals surface area contributed by atoms with Gasteiger partial charge in [0.15, 0.2) is 0 Å². The van der Waals surface area contributed by atoms with Crippen molar-refractivity contribution in [3.8, 4) is 5.75 Å². The zero-order chi connectivity index (χ0) is 9.26. The van der Waals surface area contributed by atoms with Crippen molar-refractivity contribution in [1.82, 2.24) is 0 Å². The number of rotatable bonds is 1. The third-order valence-corrected chi connectivity index (χ3v) is 5.47. The highest BCUT2D eigenvalue weighted by molar-refractivity contribution is 8.85. The molecule has 0 saturated carbocycles. The van der Waals surface area contributed by atoms with Crippen LogP contribution in [-0.2, 0) is 19.7 Å². The standard InChI is InChI=1S/C9H8OS3/c10-8-3-1-7(2-4-8)9-5-6-13(11)12-9/h1-5,10H,6H2. The summed E-state index contributed by atoms with van der Waals surface area (Å²) in [6.45, 7) is 0. The third kappa shape index (κ3) is 2.13. The molecule has 0 amide bonds. The Morgan fingerprint density at radius 2 is 2.00 bits per heavy atom. The molecule has 1 atom stereocenters. The first-order valence-corrected chi connectivity index (χ1v) is 7.47. The number of benzene rings is 1. The second-order valence-corrected chi connectivity index (χ2v) is 7.76. The zero-order valence-electron chi connectivity index (χ0n) is 6.77. The van der Waals surface area contributed by atoms with Gasteiger partial charge in [0.2, 0.25) is 0 Å². The van der Waals surface area contributed by atoms with Gasteiger partial charge < -0.3 is 5.11 Å². The maximum Gasteiger partial charge on any atom is 0.115 e. The Morgan fingerprint density at radius 3 is 2.54 bits per heavy atom. The highest BCUT2D eigenvalue weighted by atomic mass is 33.3. The summed E-state index contributed by atoms with van der Waals surface area (Å²) in [6.07, 6.45) is 2.17.